The largest absolute Gasteiger partial charge is 0.512 e. The van der Waals surface area contributed by atoms with Crippen molar-refractivity contribution in [3.8, 4) is 0 Å². The molecule has 0 heterocycles. The molecule has 0 aliphatic heterocycles. The van der Waals surface area contributed by atoms with Crippen LogP contribution in [-0.2, 0) is 9.53 Å². The molecular weight excluding hydrogens is 372 g/mol. The number of carboxylic acids is 1. The third-order valence-corrected chi connectivity index (χ3v) is 5.63. The molecule has 6 nitrogen and oxygen atoms in total. The molecule has 0 spiro atoms. The molecule has 3 N–H and O–H groups in total. The van der Waals surface area contributed by atoms with Gasteiger partial charge >= 0.3 is 11.9 Å². The molecule has 1 aliphatic rings. The molecular formula is C23H32O6. The lowest BCUT2D eigenvalue weighted by Gasteiger charge is -2.24. The van der Waals surface area contributed by atoms with Gasteiger partial charge in [-0.3, -0.25) is 4.79 Å². The average Bonchev–Trinajstić information content (AvgIpc) is 2.99. The Kier molecular flexibility index (Phi) is 8.70. The monoisotopic (exact) mass is 404 g/mol. The quantitative estimate of drug-likeness (QED) is 0.396. The van der Waals surface area contributed by atoms with Gasteiger partial charge in [-0.1, -0.05) is 51.3 Å². The number of carbonyl (C=O) groups excluding carboxylic acids is 1. The summed E-state index contributed by atoms with van der Waals surface area (Å²) in [5, 5.41) is 30.4. The molecule has 2 rings (SSSR count). The van der Waals surface area contributed by atoms with Gasteiger partial charge in [-0.2, -0.15) is 0 Å². The molecule has 0 amide bonds. The molecule has 0 aromatic heterocycles. The molecule has 1 aliphatic carbocycles. The maximum absolute atomic E-state index is 12.5. The first-order chi connectivity index (χ1) is 13.8. The first-order valence-corrected chi connectivity index (χ1v) is 10.4. The fourth-order valence-corrected chi connectivity index (χ4v) is 3.98. The number of aliphatic hydroxyl groups is 2. The van der Waals surface area contributed by atoms with Crippen molar-refractivity contribution in [2.45, 2.75) is 64.6 Å². The first kappa shape index (κ1) is 22.9. The van der Waals surface area contributed by atoms with Crippen LogP contribution in [0.25, 0.3) is 0 Å². The Balaban J connectivity index is 2.17. The summed E-state index contributed by atoms with van der Waals surface area (Å²) in [5.74, 6) is -2.66. The molecule has 1 unspecified atom stereocenters. The molecule has 1 aromatic carbocycles. The molecule has 5 atom stereocenters. The van der Waals surface area contributed by atoms with Crippen molar-refractivity contribution in [2.24, 2.45) is 17.8 Å². The lowest BCUT2D eigenvalue weighted by atomic mass is 9.87. The minimum Gasteiger partial charge on any atom is -0.512 e. The van der Waals surface area contributed by atoms with Crippen molar-refractivity contribution in [3.63, 3.8) is 0 Å². The lowest BCUT2D eigenvalue weighted by Crippen LogP contribution is -2.29. The number of allylic oxidation sites excluding steroid dienone is 1. The second-order valence-corrected chi connectivity index (χ2v) is 8.01. The van der Waals surface area contributed by atoms with Crippen LogP contribution in [-0.4, -0.2) is 39.5 Å². The van der Waals surface area contributed by atoms with E-state index in [0.717, 1.165) is 19.3 Å². The van der Waals surface area contributed by atoms with E-state index in [-0.39, 0.29) is 18.6 Å². The van der Waals surface area contributed by atoms with E-state index in [1.54, 1.807) is 36.4 Å². The zero-order valence-electron chi connectivity index (χ0n) is 17.2. The van der Waals surface area contributed by atoms with Crippen LogP contribution in [0, 0.1) is 17.8 Å². The average molecular weight is 405 g/mol. The number of esters is 1. The first-order valence-electron chi connectivity index (χ1n) is 10.4. The van der Waals surface area contributed by atoms with Crippen molar-refractivity contribution in [1.29, 1.82) is 0 Å². The van der Waals surface area contributed by atoms with Gasteiger partial charge in [0.15, 0.2) is 0 Å². The highest BCUT2D eigenvalue weighted by Crippen LogP contribution is 2.41. The Morgan fingerprint density at radius 1 is 1.24 bits per heavy atom. The Morgan fingerprint density at radius 2 is 1.93 bits per heavy atom. The van der Waals surface area contributed by atoms with Gasteiger partial charge in [0.05, 0.1) is 29.8 Å². The summed E-state index contributed by atoms with van der Waals surface area (Å²) in [6.07, 6.45) is 3.67. The van der Waals surface area contributed by atoms with E-state index < -0.39 is 36.0 Å². The van der Waals surface area contributed by atoms with Gasteiger partial charge in [0.25, 0.3) is 0 Å². The number of ether oxygens (including phenoxy) is 1. The van der Waals surface area contributed by atoms with Crippen LogP contribution in [0.3, 0.4) is 0 Å². The molecule has 29 heavy (non-hydrogen) atoms. The van der Waals surface area contributed by atoms with Gasteiger partial charge in [0.2, 0.25) is 0 Å². The number of carboxylic acid groups (broad SMARTS) is 1. The van der Waals surface area contributed by atoms with Gasteiger partial charge in [0, 0.05) is 12.3 Å². The van der Waals surface area contributed by atoms with Crippen LogP contribution >= 0.6 is 0 Å². The summed E-state index contributed by atoms with van der Waals surface area (Å²) in [4.78, 5) is 23.8. The van der Waals surface area contributed by atoms with Gasteiger partial charge in [-0.15, -0.1) is 0 Å². The van der Waals surface area contributed by atoms with Crippen molar-refractivity contribution < 1.29 is 29.6 Å². The van der Waals surface area contributed by atoms with E-state index in [4.69, 9.17) is 4.74 Å². The summed E-state index contributed by atoms with van der Waals surface area (Å²) in [5.41, 5.74) is 0.374. The maximum Gasteiger partial charge on any atom is 0.338 e. The molecule has 0 saturated heterocycles. The molecule has 6 heteroatoms. The van der Waals surface area contributed by atoms with Crippen LogP contribution in [0.15, 0.2) is 42.2 Å². The van der Waals surface area contributed by atoms with Gasteiger partial charge < -0.3 is 20.1 Å². The van der Waals surface area contributed by atoms with E-state index >= 15 is 0 Å². The predicted molar refractivity (Wildman–Crippen MR) is 110 cm³/mol. The molecule has 0 radical (unpaired) electrons. The molecule has 0 bridgehead atoms. The number of carbonyl (C=O) groups is 2. The zero-order valence-corrected chi connectivity index (χ0v) is 17.2. The van der Waals surface area contributed by atoms with Crippen LogP contribution in [0.2, 0.25) is 0 Å². The second kappa shape index (κ2) is 11.0. The fourth-order valence-electron chi connectivity index (χ4n) is 3.98. The van der Waals surface area contributed by atoms with Crippen LogP contribution in [0.1, 0.15) is 62.7 Å². The van der Waals surface area contributed by atoms with Gasteiger partial charge in [-0.25, -0.2) is 4.79 Å². The third kappa shape index (κ3) is 6.60. The lowest BCUT2D eigenvalue weighted by molar-refractivity contribution is -0.139. The number of hydrogen-bond acceptors (Lipinski definition) is 5. The van der Waals surface area contributed by atoms with Crippen molar-refractivity contribution >= 4 is 11.9 Å². The van der Waals surface area contributed by atoms with Crippen molar-refractivity contribution in [1.82, 2.24) is 0 Å². The zero-order chi connectivity index (χ0) is 21.4. The number of benzene rings is 1. The van der Waals surface area contributed by atoms with Crippen molar-refractivity contribution in [2.75, 3.05) is 0 Å². The maximum atomic E-state index is 12.5. The molecule has 1 aromatic rings. The Labute approximate surface area is 172 Å². The normalized spacial score (nSPS) is 25.6. The highest BCUT2D eigenvalue weighted by atomic mass is 16.5. The van der Waals surface area contributed by atoms with Crippen LogP contribution < -0.4 is 0 Å². The molecule has 1 saturated carbocycles. The number of aliphatic carboxylic acids is 1. The summed E-state index contributed by atoms with van der Waals surface area (Å²) < 4.78 is 5.59. The number of aliphatic hydroxyl groups excluding tert-OH is 2. The van der Waals surface area contributed by atoms with E-state index in [0.29, 0.717) is 17.9 Å². The van der Waals surface area contributed by atoms with Crippen LogP contribution in [0.4, 0.5) is 0 Å². The Morgan fingerprint density at radius 3 is 2.55 bits per heavy atom. The van der Waals surface area contributed by atoms with E-state index in [1.807, 2.05) is 0 Å². The minimum absolute atomic E-state index is 0.00186. The predicted octanol–water partition coefficient (Wildman–Crippen LogP) is 4.34. The summed E-state index contributed by atoms with van der Waals surface area (Å²) in [6.45, 7) is 4.23. The smallest absolute Gasteiger partial charge is 0.338 e. The van der Waals surface area contributed by atoms with E-state index in [2.05, 4.69) is 13.8 Å². The van der Waals surface area contributed by atoms with Gasteiger partial charge in [-0.05, 0) is 30.5 Å². The highest BCUT2D eigenvalue weighted by Gasteiger charge is 2.47. The molecule has 160 valence electrons. The topological polar surface area (TPSA) is 104 Å². The number of unbranched alkanes of at least 4 members (excludes halogenated alkanes) is 1. The third-order valence-electron chi connectivity index (χ3n) is 5.63. The summed E-state index contributed by atoms with van der Waals surface area (Å²) in [6, 6.07) is 8.49. The van der Waals surface area contributed by atoms with E-state index in [9.17, 15) is 24.9 Å². The van der Waals surface area contributed by atoms with Gasteiger partial charge in [0.1, 0.15) is 6.10 Å². The number of hydrogen-bond donors (Lipinski definition) is 3. The van der Waals surface area contributed by atoms with E-state index in [1.165, 1.54) is 0 Å². The highest BCUT2D eigenvalue weighted by molar-refractivity contribution is 5.89. The number of rotatable bonds is 10. The minimum atomic E-state index is -1.06. The standard InChI is InChI=1S/C23H32O6/c1-3-4-8-15(2)11-12-18(24)22-17(13-21(26)27)19(25)14-20(22)29-23(28)16-9-6-5-7-10-16/h5-7,9-10,12,15,17,19-20,22,24-25H,3-4,8,11,13-14H2,1-2H3,(H,26,27)/t15?,17-,19-,20+,22-/m1/s1. The Bertz CT molecular complexity index is 699. The fraction of sp³-hybridized carbons (Fsp3) is 0.565. The van der Waals surface area contributed by atoms with Crippen LogP contribution in [0.5, 0.6) is 0 Å². The summed E-state index contributed by atoms with van der Waals surface area (Å²) in [7, 11) is 0. The second-order valence-electron chi connectivity index (χ2n) is 8.01. The molecule has 1 fully saturated rings. The Hall–Kier alpha value is -2.34. The van der Waals surface area contributed by atoms with Crippen molar-refractivity contribution in [3.05, 3.63) is 47.7 Å². The summed E-state index contributed by atoms with van der Waals surface area (Å²) >= 11 is 0. The SMILES string of the molecule is CCCCC(C)CC=C(O)[C@H]1[C@H](CC(=O)O)[C@H](O)C[C@@H]1OC(=O)c1ccccc1.